The molecule has 0 radical (unpaired) electrons. The van der Waals surface area contributed by atoms with E-state index in [4.69, 9.17) is 9.47 Å². The number of anilines is 1. The van der Waals surface area contributed by atoms with E-state index in [0.717, 1.165) is 17.4 Å². The van der Waals surface area contributed by atoms with Crippen molar-refractivity contribution in [3.63, 3.8) is 0 Å². The number of thioether (sulfide) groups is 1. The molecule has 3 aromatic rings. The van der Waals surface area contributed by atoms with E-state index in [0.29, 0.717) is 43.1 Å². The highest BCUT2D eigenvalue weighted by atomic mass is 32.2. The SMILES string of the molecule is CCSc1ccc(CC(=O)Nc2ccc(OC3(c4ccc(F)c(F)c4)CCOCC3)cc2)cc1. The van der Waals surface area contributed by atoms with E-state index >= 15 is 0 Å². The van der Waals surface area contributed by atoms with E-state index in [2.05, 4.69) is 12.2 Å². The van der Waals surface area contributed by atoms with Crippen molar-refractivity contribution in [2.45, 2.75) is 36.7 Å². The topological polar surface area (TPSA) is 47.6 Å². The zero-order valence-corrected chi connectivity index (χ0v) is 19.8. The molecule has 0 aliphatic carbocycles. The summed E-state index contributed by atoms with van der Waals surface area (Å²) < 4.78 is 39.2. The molecule has 3 aromatic carbocycles. The molecule has 1 aliphatic rings. The third kappa shape index (κ3) is 5.96. The Labute approximate surface area is 202 Å². The van der Waals surface area contributed by atoms with Crippen molar-refractivity contribution in [3.05, 3.63) is 89.5 Å². The highest BCUT2D eigenvalue weighted by molar-refractivity contribution is 7.99. The number of nitrogens with one attached hydrogen (secondary N) is 1. The molecule has 1 amide bonds. The molecule has 0 atom stereocenters. The molecule has 7 heteroatoms. The van der Waals surface area contributed by atoms with Crippen LogP contribution in [0.15, 0.2) is 71.6 Å². The number of ether oxygens (including phenoxy) is 2. The van der Waals surface area contributed by atoms with Crippen LogP contribution < -0.4 is 10.1 Å². The van der Waals surface area contributed by atoms with Crippen LogP contribution in [0, 0.1) is 11.6 Å². The first-order valence-electron chi connectivity index (χ1n) is 11.3. The number of hydrogen-bond donors (Lipinski definition) is 1. The van der Waals surface area contributed by atoms with Crippen LogP contribution in [0.3, 0.4) is 0 Å². The molecule has 1 heterocycles. The molecule has 0 aromatic heterocycles. The first-order chi connectivity index (χ1) is 16.5. The second kappa shape index (κ2) is 11.0. The van der Waals surface area contributed by atoms with Gasteiger partial charge in [0, 0.05) is 23.4 Å². The van der Waals surface area contributed by atoms with Gasteiger partial charge in [0.15, 0.2) is 11.6 Å². The van der Waals surface area contributed by atoms with Crippen molar-refractivity contribution < 1.29 is 23.0 Å². The third-order valence-corrected chi connectivity index (χ3v) is 6.69. The lowest BCUT2D eigenvalue weighted by atomic mass is 9.86. The summed E-state index contributed by atoms with van der Waals surface area (Å²) in [6.45, 7) is 3.03. The van der Waals surface area contributed by atoms with E-state index in [-0.39, 0.29) is 12.3 Å². The van der Waals surface area contributed by atoms with Crippen LogP contribution in [0.2, 0.25) is 0 Å². The second-order valence-corrected chi connectivity index (χ2v) is 9.50. The molecule has 0 saturated carbocycles. The van der Waals surface area contributed by atoms with Gasteiger partial charge >= 0.3 is 0 Å². The molecular weight excluding hydrogens is 456 g/mol. The van der Waals surface area contributed by atoms with Crippen LogP contribution in [-0.4, -0.2) is 24.9 Å². The molecule has 0 spiro atoms. The van der Waals surface area contributed by atoms with Crippen LogP contribution >= 0.6 is 11.8 Å². The van der Waals surface area contributed by atoms with Gasteiger partial charge in [0.05, 0.1) is 19.6 Å². The van der Waals surface area contributed by atoms with Gasteiger partial charge in [-0.2, -0.15) is 0 Å². The van der Waals surface area contributed by atoms with Crippen molar-refractivity contribution in [1.29, 1.82) is 0 Å². The predicted molar refractivity (Wildman–Crippen MR) is 130 cm³/mol. The smallest absolute Gasteiger partial charge is 0.228 e. The van der Waals surface area contributed by atoms with Crippen LogP contribution in [0.25, 0.3) is 0 Å². The molecule has 0 unspecified atom stereocenters. The van der Waals surface area contributed by atoms with Crippen molar-refractivity contribution in [2.24, 2.45) is 0 Å². The minimum Gasteiger partial charge on any atom is -0.482 e. The van der Waals surface area contributed by atoms with E-state index in [1.54, 1.807) is 42.1 Å². The van der Waals surface area contributed by atoms with E-state index < -0.39 is 17.2 Å². The summed E-state index contributed by atoms with van der Waals surface area (Å²) >= 11 is 1.76. The van der Waals surface area contributed by atoms with Gasteiger partial charge < -0.3 is 14.8 Å². The monoisotopic (exact) mass is 483 g/mol. The Morgan fingerprint density at radius 2 is 1.71 bits per heavy atom. The summed E-state index contributed by atoms with van der Waals surface area (Å²) in [5, 5.41) is 2.90. The average Bonchev–Trinajstić information content (AvgIpc) is 2.84. The Balaban J connectivity index is 1.41. The van der Waals surface area contributed by atoms with Gasteiger partial charge in [-0.05, 0) is 65.4 Å². The molecule has 1 fully saturated rings. The minimum absolute atomic E-state index is 0.104. The highest BCUT2D eigenvalue weighted by Gasteiger charge is 2.37. The highest BCUT2D eigenvalue weighted by Crippen LogP contribution is 2.38. The lowest BCUT2D eigenvalue weighted by Gasteiger charge is -2.38. The van der Waals surface area contributed by atoms with Crippen LogP contribution in [0.5, 0.6) is 5.75 Å². The Morgan fingerprint density at radius 3 is 2.35 bits per heavy atom. The summed E-state index contributed by atoms with van der Waals surface area (Å²) in [5.41, 5.74) is 1.38. The standard InChI is InChI=1S/C27H27F2NO3S/c1-2-34-23-10-3-19(4-11-23)17-26(31)30-21-6-8-22(9-7-21)33-27(13-15-32-16-14-27)20-5-12-24(28)25(29)18-20/h3-12,18H,2,13-17H2,1H3,(H,30,31). The maximum atomic E-state index is 13.9. The molecular formula is C27H27F2NO3S. The maximum absolute atomic E-state index is 13.9. The maximum Gasteiger partial charge on any atom is 0.228 e. The molecule has 1 aliphatic heterocycles. The summed E-state index contributed by atoms with van der Waals surface area (Å²) in [6, 6.07) is 19.0. The van der Waals surface area contributed by atoms with Crippen molar-refractivity contribution in [1.82, 2.24) is 0 Å². The quantitative estimate of drug-likeness (QED) is 0.380. The number of rotatable bonds is 8. The number of carbonyl (C=O) groups excluding carboxylic acids is 1. The second-order valence-electron chi connectivity index (χ2n) is 8.16. The van der Waals surface area contributed by atoms with E-state index in [9.17, 15) is 13.6 Å². The summed E-state index contributed by atoms with van der Waals surface area (Å²) in [7, 11) is 0. The Bertz CT molecular complexity index is 1110. The predicted octanol–water partition coefficient (Wildman–Crippen LogP) is 6.34. The van der Waals surface area contributed by atoms with Crippen molar-refractivity contribution in [2.75, 3.05) is 24.3 Å². The first kappa shape index (κ1) is 24.2. The fourth-order valence-electron chi connectivity index (χ4n) is 4.02. The van der Waals surface area contributed by atoms with Gasteiger partial charge in [-0.3, -0.25) is 4.79 Å². The van der Waals surface area contributed by atoms with Gasteiger partial charge in [-0.25, -0.2) is 8.78 Å². The molecule has 1 saturated heterocycles. The number of carbonyl (C=O) groups is 1. The number of benzene rings is 3. The first-order valence-corrected chi connectivity index (χ1v) is 12.3. The van der Waals surface area contributed by atoms with E-state index in [1.165, 1.54) is 11.0 Å². The number of halogens is 2. The fraction of sp³-hybridized carbons (Fsp3) is 0.296. The zero-order chi connectivity index (χ0) is 24.0. The molecule has 4 nitrogen and oxygen atoms in total. The number of amides is 1. The van der Waals surface area contributed by atoms with Crippen molar-refractivity contribution >= 4 is 23.4 Å². The molecule has 1 N–H and O–H groups in total. The minimum atomic E-state index is -0.899. The van der Waals surface area contributed by atoms with E-state index in [1.807, 2.05) is 24.3 Å². The van der Waals surface area contributed by atoms with Gasteiger partial charge in [-0.15, -0.1) is 11.8 Å². The van der Waals surface area contributed by atoms with Crippen molar-refractivity contribution in [3.8, 4) is 5.75 Å². The largest absolute Gasteiger partial charge is 0.482 e. The summed E-state index contributed by atoms with van der Waals surface area (Å²) in [6.07, 6.45) is 1.33. The zero-order valence-electron chi connectivity index (χ0n) is 19.0. The van der Waals surface area contributed by atoms with Crippen LogP contribution in [-0.2, 0) is 21.6 Å². The Morgan fingerprint density at radius 1 is 1.00 bits per heavy atom. The van der Waals surface area contributed by atoms with Crippen LogP contribution in [0.4, 0.5) is 14.5 Å². The van der Waals surface area contributed by atoms with Gasteiger partial charge in [0.25, 0.3) is 0 Å². The molecule has 4 rings (SSSR count). The van der Waals surface area contributed by atoms with Gasteiger partial charge in [-0.1, -0.05) is 25.1 Å². The lowest BCUT2D eigenvalue weighted by molar-refractivity contribution is -0.115. The Hall–Kier alpha value is -2.90. The summed E-state index contributed by atoms with van der Waals surface area (Å²) in [5.74, 6) is -0.304. The fourth-order valence-corrected chi connectivity index (χ4v) is 4.68. The molecule has 0 bridgehead atoms. The number of hydrogen-bond acceptors (Lipinski definition) is 4. The normalized spacial score (nSPS) is 15.0. The van der Waals surface area contributed by atoms with Gasteiger partial charge in [0.1, 0.15) is 11.4 Å². The third-order valence-electron chi connectivity index (χ3n) is 5.80. The lowest BCUT2D eigenvalue weighted by Crippen LogP contribution is -2.39. The Kier molecular flexibility index (Phi) is 7.85. The van der Waals surface area contributed by atoms with Gasteiger partial charge in [0.2, 0.25) is 5.91 Å². The molecule has 178 valence electrons. The molecule has 34 heavy (non-hydrogen) atoms. The van der Waals surface area contributed by atoms with Crippen LogP contribution in [0.1, 0.15) is 30.9 Å². The average molecular weight is 484 g/mol. The summed E-state index contributed by atoms with van der Waals surface area (Å²) in [4.78, 5) is 13.7.